The fourth-order valence-electron chi connectivity index (χ4n) is 4.14. The molecule has 2 aliphatic heterocycles. The molecule has 5 rings (SSSR count). The van der Waals surface area contributed by atoms with Crippen molar-refractivity contribution < 1.29 is 14.3 Å². The number of anilines is 1. The molecule has 2 aliphatic rings. The molecule has 1 N–H and O–H groups in total. The number of nitrogens with one attached hydrogen (secondary N) is 1. The molecule has 0 spiro atoms. The summed E-state index contributed by atoms with van der Waals surface area (Å²) in [6, 6.07) is 14.1. The Hall–Kier alpha value is -3.61. The quantitative estimate of drug-likeness (QED) is 0.665. The van der Waals surface area contributed by atoms with Gasteiger partial charge in [-0.1, -0.05) is 35.9 Å². The van der Waals surface area contributed by atoms with Crippen LogP contribution in [0.3, 0.4) is 0 Å². The second-order valence-corrected chi connectivity index (χ2v) is 8.33. The van der Waals surface area contributed by atoms with Crippen molar-refractivity contribution in [2.24, 2.45) is 5.92 Å². The van der Waals surface area contributed by atoms with E-state index in [2.05, 4.69) is 51.4 Å². The molecule has 1 unspecified atom stereocenters. The van der Waals surface area contributed by atoms with Crippen molar-refractivity contribution in [2.45, 2.75) is 26.3 Å². The topological polar surface area (TPSA) is 76.6 Å². The van der Waals surface area contributed by atoms with E-state index in [0.29, 0.717) is 19.0 Å². The van der Waals surface area contributed by atoms with Crippen molar-refractivity contribution in [2.75, 3.05) is 24.8 Å². The summed E-state index contributed by atoms with van der Waals surface area (Å²) in [6.07, 6.45) is 5.52. The highest BCUT2D eigenvalue weighted by Crippen LogP contribution is 2.32. The maximum atomic E-state index is 12.8. The van der Waals surface area contributed by atoms with Gasteiger partial charge < -0.3 is 19.7 Å². The Bertz CT molecular complexity index is 1100. The highest BCUT2D eigenvalue weighted by Gasteiger charge is 2.27. The first kappa shape index (κ1) is 20.3. The Labute approximate surface area is 187 Å². The third kappa shape index (κ3) is 4.37. The van der Waals surface area contributed by atoms with Gasteiger partial charge in [-0.2, -0.15) is 0 Å². The maximum absolute atomic E-state index is 12.8. The lowest BCUT2D eigenvalue weighted by Crippen LogP contribution is -2.43. The molecule has 7 heteroatoms. The first-order valence-electron chi connectivity index (χ1n) is 11.0. The SMILES string of the molecule is Cc1ccc(-c2cnc(N3CCCC(C(=O)NCc4ccc5c(c4)OCO5)C3)nc2)cc1. The van der Waals surface area contributed by atoms with Crippen LogP contribution in [0.25, 0.3) is 11.1 Å². The highest BCUT2D eigenvalue weighted by molar-refractivity contribution is 5.79. The lowest BCUT2D eigenvalue weighted by atomic mass is 9.97. The van der Waals surface area contributed by atoms with E-state index in [1.165, 1.54) is 5.56 Å². The number of amides is 1. The minimum atomic E-state index is -0.0851. The minimum absolute atomic E-state index is 0.0589. The number of fused-ring (bicyclic) bond motifs is 1. The first-order chi connectivity index (χ1) is 15.7. The van der Waals surface area contributed by atoms with Crippen LogP contribution in [-0.4, -0.2) is 35.8 Å². The van der Waals surface area contributed by atoms with E-state index in [0.717, 1.165) is 47.6 Å². The number of ether oxygens (including phenoxy) is 2. The highest BCUT2D eigenvalue weighted by atomic mass is 16.7. The predicted octanol–water partition coefficient (Wildman–Crippen LogP) is 3.71. The molecule has 2 aromatic carbocycles. The van der Waals surface area contributed by atoms with Gasteiger partial charge in [0.25, 0.3) is 0 Å². The van der Waals surface area contributed by atoms with E-state index in [1.807, 2.05) is 30.6 Å². The Morgan fingerprint density at radius 2 is 1.84 bits per heavy atom. The van der Waals surface area contributed by atoms with E-state index in [-0.39, 0.29) is 18.6 Å². The van der Waals surface area contributed by atoms with E-state index < -0.39 is 0 Å². The van der Waals surface area contributed by atoms with Crippen LogP contribution >= 0.6 is 0 Å². The summed E-state index contributed by atoms with van der Waals surface area (Å²) < 4.78 is 10.7. The first-order valence-corrected chi connectivity index (χ1v) is 11.0. The van der Waals surface area contributed by atoms with E-state index in [1.54, 1.807) is 0 Å². The molecule has 3 heterocycles. The zero-order valence-corrected chi connectivity index (χ0v) is 18.1. The molecule has 7 nitrogen and oxygen atoms in total. The van der Waals surface area contributed by atoms with Crippen molar-refractivity contribution in [3.05, 3.63) is 66.0 Å². The summed E-state index contributed by atoms with van der Waals surface area (Å²) in [7, 11) is 0. The molecule has 0 aliphatic carbocycles. The second kappa shape index (κ2) is 8.86. The molecule has 32 heavy (non-hydrogen) atoms. The zero-order valence-electron chi connectivity index (χ0n) is 18.1. The molecule has 0 radical (unpaired) electrons. The number of piperidine rings is 1. The summed E-state index contributed by atoms with van der Waals surface area (Å²) in [4.78, 5) is 24.1. The summed E-state index contributed by atoms with van der Waals surface area (Å²) in [5.41, 5.74) is 4.30. The van der Waals surface area contributed by atoms with Gasteiger partial charge in [-0.25, -0.2) is 9.97 Å². The van der Waals surface area contributed by atoms with Gasteiger partial charge in [0.1, 0.15) is 0 Å². The van der Waals surface area contributed by atoms with Gasteiger partial charge >= 0.3 is 0 Å². The van der Waals surface area contributed by atoms with Gasteiger partial charge in [-0.15, -0.1) is 0 Å². The number of carbonyl (C=O) groups excluding carboxylic acids is 1. The summed E-state index contributed by atoms with van der Waals surface area (Å²) in [5, 5.41) is 3.06. The number of hydrogen-bond donors (Lipinski definition) is 1. The van der Waals surface area contributed by atoms with E-state index in [9.17, 15) is 4.79 Å². The normalized spacial score (nSPS) is 17.3. The number of carbonyl (C=O) groups is 1. The fraction of sp³-hybridized carbons (Fsp3) is 0.320. The third-order valence-corrected chi connectivity index (χ3v) is 6.00. The van der Waals surface area contributed by atoms with Gasteiger partial charge in [0.2, 0.25) is 18.6 Å². The van der Waals surface area contributed by atoms with Crippen LogP contribution in [0.15, 0.2) is 54.9 Å². The summed E-state index contributed by atoms with van der Waals surface area (Å²) in [5.74, 6) is 2.12. The van der Waals surface area contributed by atoms with Crippen LogP contribution in [0.2, 0.25) is 0 Å². The molecule has 1 aromatic heterocycles. The Kier molecular flexibility index (Phi) is 5.62. The van der Waals surface area contributed by atoms with Crippen molar-refractivity contribution in [3.63, 3.8) is 0 Å². The molecule has 0 bridgehead atoms. The Morgan fingerprint density at radius 3 is 2.66 bits per heavy atom. The van der Waals surface area contributed by atoms with Crippen LogP contribution < -0.4 is 19.7 Å². The summed E-state index contributed by atoms with van der Waals surface area (Å²) >= 11 is 0. The molecule has 1 fully saturated rings. The molecule has 1 amide bonds. The molecule has 1 atom stereocenters. The van der Waals surface area contributed by atoms with Gasteiger partial charge in [0, 0.05) is 37.6 Å². The van der Waals surface area contributed by atoms with Crippen LogP contribution in [0.5, 0.6) is 11.5 Å². The molecular weight excluding hydrogens is 404 g/mol. The minimum Gasteiger partial charge on any atom is -0.454 e. The average molecular weight is 431 g/mol. The molecule has 3 aromatic rings. The third-order valence-electron chi connectivity index (χ3n) is 6.00. The van der Waals surface area contributed by atoms with Crippen LogP contribution in [0.4, 0.5) is 5.95 Å². The number of rotatable bonds is 5. The van der Waals surface area contributed by atoms with Crippen LogP contribution in [0, 0.1) is 12.8 Å². The Morgan fingerprint density at radius 1 is 1.06 bits per heavy atom. The molecule has 0 saturated carbocycles. The van der Waals surface area contributed by atoms with Crippen molar-refractivity contribution in [3.8, 4) is 22.6 Å². The number of aryl methyl sites for hydroxylation is 1. The van der Waals surface area contributed by atoms with Crippen LogP contribution in [0.1, 0.15) is 24.0 Å². The number of aromatic nitrogens is 2. The zero-order chi connectivity index (χ0) is 21.9. The van der Waals surface area contributed by atoms with Crippen molar-refractivity contribution in [1.82, 2.24) is 15.3 Å². The maximum Gasteiger partial charge on any atom is 0.231 e. The summed E-state index contributed by atoms with van der Waals surface area (Å²) in [6.45, 7) is 4.26. The second-order valence-electron chi connectivity index (χ2n) is 8.33. The Balaban J connectivity index is 1.19. The molecule has 164 valence electrons. The number of hydrogen-bond acceptors (Lipinski definition) is 6. The van der Waals surface area contributed by atoms with Crippen LogP contribution in [-0.2, 0) is 11.3 Å². The van der Waals surface area contributed by atoms with Crippen molar-refractivity contribution >= 4 is 11.9 Å². The monoisotopic (exact) mass is 430 g/mol. The average Bonchev–Trinajstić information content (AvgIpc) is 3.31. The fourth-order valence-corrected chi connectivity index (χ4v) is 4.14. The number of benzene rings is 2. The lowest BCUT2D eigenvalue weighted by molar-refractivity contribution is -0.125. The smallest absolute Gasteiger partial charge is 0.231 e. The molecular formula is C25H26N4O3. The largest absolute Gasteiger partial charge is 0.454 e. The standard InChI is InChI=1S/C25H26N4O3/c1-17-4-7-19(8-5-17)21-13-27-25(28-14-21)29-10-2-3-20(15-29)24(30)26-12-18-6-9-22-23(11-18)32-16-31-22/h4-9,11,13-14,20H,2-3,10,12,15-16H2,1H3,(H,26,30). The van der Waals surface area contributed by atoms with Crippen molar-refractivity contribution in [1.29, 1.82) is 0 Å². The number of nitrogens with zero attached hydrogens (tertiary/aromatic N) is 3. The van der Waals surface area contributed by atoms with Gasteiger partial charge in [0.15, 0.2) is 11.5 Å². The predicted molar refractivity (Wildman–Crippen MR) is 122 cm³/mol. The molecule has 1 saturated heterocycles. The van der Waals surface area contributed by atoms with Gasteiger partial charge in [0.05, 0.1) is 5.92 Å². The van der Waals surface area contributed by atoms with E-state index >= 15 is 0 Å². The lowest BCUT2D eigenvalue weighted by Gasteiger charge is -2.32. The van der Waals surface area contributed by atoms with Gasteiger partial charge in [-0.3, -0.25) is 4.79 Å². The van der Waals surface area contributed by atoms with Gasteiger partial charge in [-0.05, 0) is 43.0 Å². The van der Waals surface area contributed by atoms with E-state index in [4.69, 9.17) is 9.47 Å².